The summed E-state index contributed by atoms with van der Waals surface area (Å²) in [5.41, 5.74) is 0.690. The van der Waals surface area contributed by atoms with Crippen molar-refractivity contribution in [3.63, 3.8) is 0 Å². The number of aliphatic hydroxyl groups excluding tert-OH is 1. The van der Waals surface area contributed by atoms with E-state index in [4.69, 9.17) is 0 Å². The van der Waals surface area contributed by atoms with Crippen LogP contribution in [0.3, 0.4) is 0 Å². The summed E-state index contributed by atoms with van der Waals surface area (Å²) < 4.78 is 10.5. The molecule has 0 radical (unpaired) electrons. The molecule has 5 nitrogen and oxygen atoms in total. The van der Waals surface area contributed by atoms with Gasteiger partial charge in [0.15, 0.2) is 0 Å². The van der Waals surface area contributed by atoms with Crippen LogP contribution in [-0.2, 0) is 9.50 Å². The normalized spacial score (nSPS) is 37.2. The molecular formula is C10H13BN2O3. The van der Waals surface area contributed by atoms with Gasteiger partial charge in [-0.15, -0.1) is 0 Å². The van der Waals surface area contributed by atoms with Gasteiger partial charge in [0.25, 0.3) is 0 Å². The van der Waals surface area contributed by atoms with Crippen molar-refractivity contribution in [3.8, 4) is 0 Å². The average Bonchev–Trinajstić information content (AvgIpc) is 2.54. The molecule has 0 aromatic carbocycles. The van der Waals surface area contributed by atoms with E-state index >= 15 is 0 Å². The topological polar surface area (TPSA) is 60.9 Å². The van der Waals surface area contributed by atoms with Gasteiger partial charge in [-0.05, 0) is 0 Å². The van der Waals surface area contributed by atoms with E-state index in [0.29, 0.717) is 24.3 Å². The summed E-state index contributed by atoms with van der Waals surface area (Å²) in [5.74, 6) is 0.630. The first-order valence-corrected chi connectivity index (χ1v) is 5.54. The van der Waals surface area contributed by atoms with Gasteiger partial charge in [-0.25, -0.2) is 0 Å². The van der Waals surface area contributed by atoms with Gasteiger partial charge in [0.05, 0.1) is 0 Å². The van der Waals surface area contributed by atoms with Crippen molar-refractivity contribution in [2.45, 2.75) is 25.4 Å². The SMILES string of the molecule is CC1=C(O)CC2CN(CB=O)C3C(=O)N1C23. The Kier molecular flexibility index (Phi) is 1.98. The van der Waals surface area contributed by atoms with E-state index in [0.717, 1.165) is 13.7 Å². The average molecular weight is 220 g/mol. The van der Waals surface area contributed by atoms with Gasteiger partial charge < -0.3 is 0 Å². The van der Waals surface area contributed by atoms with Crippen LogP contribution in [0.15, 0.2) is 11.5 Å². The number of aliphatic hydroxyl groups is 1. The van der Waals surface area contributed by atoms with Gasteiger partial charge in [-0.1, -0.05) is 0 Å². The number of carbonyl (C=O) groups excluding carboxylic acids is 1. The number of nitrogens with zero attached hydrogens (tertiary/aromatic N) is 2. The summed E-state index contributed by atoms with van der Waals surface area (Å²) >= 11 is 0. The van der Waals surface area contributed by atoms with Crippen molar-refractivity contribution in [2.75, 3.05) is 13.0 Å². The third kappa shape index (κ3) is 1.03. The van der Waals surface area contributed by atoms with Crippen LogP contribution in [-0.4, -0.2) is 53.0 Å². The van der Waals surface area contributed by atoms with Crippen molar-refractivity contribution >= 4 is 13.1 Å². The van der Waals surface area contributed by atoms with Crippen LogP contribution in [0.4, 0.5) is 0 Å². The minimum absolute atomic E-state index is 0.0260. The van der Waals surface area contributed by atoms with E-state index in [9.17, 15) is 14.6 Å². The molecule has 3 rings (SSSR count). The molecule has 1 amide bonds. The quantitative estimate of drug-likeness (QED) is 0.512. The first kappa shape index (κ1) is 10.0. The fourth-order valence-corrected chi connectivity index (χ4v) is 3.25. The molecule has 3 unspecified atom stereocenters. The Bertz CT molecular complexity index is 409. The predicted molar refractivity (Wildman–Crippen MR) is 55.9 cm³/mol. The Morgan fingerprint density at radius 3 is 3.00 bits per heavy atom. The molecule has 1 N–H and O–H groups in total. The van der Waals surface area contributed by atoms with Crippen LogP contribution in [0, 0.1) is 5.92 Å². The van der Waals surface area contributed by atoms with Crippen molar-refractivity contribution < 1.29 is 14.6 Å². The molecule has 84 valence electrons. The van der Waals surface area contributed by atoms with Gasteiger partial charge >= 0.3 is 93.3 Å². The van der Waals surface area contributed by atoms with E-state index < -0.39 is 0 Å². The number of rotatable bonds is 2. The van der Waals surface area contributed by atoms with E-state index in [1.807, 2.05) is 4.90 Å². The number of β-lactam (4-membered cyclic amide) rings is 1. The molecule has 0 aliphatic carbocycles. The van der Waals surface area contributed by atoms with Crippen molar-refractivity contribution in [3.05, 3.63) is 11.5 Å². The number of amides is 1. The zero-order chi connectivity index (χ0) is 11.4. The van der Waals surface area contributed by atoms with Gasteiger partial charge in [-0.2, -0.15) is 0 Å². The molecule has 0 aromatic rings. The molecule has 16 heavy (non-hydrogen) atoms. The van der Waals surface area contributed by atoms with Crippen molar-refractivity contribution in [1.82, 2.24) is 9.80 Å². The van der Waals surface area contributed by atoms with Crippen LogP contribution >= 0.6 is 0 Å². The number of likely N-dealkylation sites (tertiary alicyclic amines) is 1. The zero-order valence-corrected chi connectivity index (χ0v) is 9.09. The molecule has 0 spiro atoms. The van der Waals surface area contributed by atoms with E-state index in [-0.39, 0.29) is 23.9 Å². The molecule has 2 fully saturated rings. The second-order valence-corrected chi connectivity index (χ2v) is 4.76. The van der Waals surface area contributed by atoms with Crippen molar-refractivity contribution in [2.24, 2.45) is 5.92 Å². The Labute approximate surface area is 94.0 Å². The van der Waals surface area contributed by atoms with Gasteiger partial charge in [0, 0.05) is 0 Å². The zero-order valence-electron chi connectivity index (χ0n) is 9.09. The second-order valence-electron chi connectivity index (χ2n) is 4.76. The Morgan fingerprint density at radius 2 is 2.31 bits per heavy atom. The summed E-state index contributed by atoms with van der Waals surface area (Å²) in [7, 11) is 0.841. The molecule has 3 aliphatic heterocycles. The summed E-state index contributed by atoms with van der Waals surface area (Å²) in [6, 6.07) is 0.0570. The van der Waals surface area contributed by atoms with Crippen LogP contribution in [0.2, 0.25) is 0 Å². The van der Waals surface area contributed by atoms with Gasteiger partial charge in [0.2, 0.25) is 0 Å². The molecule has 0 aromatic heterocycles. The van der Waals surface area contributed by atoms with Crippen LogP contribution in [0.25, 0.3) is 0 Å². The maximum absolute atomic E-state index is 11.9. The predicted octanol–water partition coefficient (Wildman–Crippen LogP) is -0.302. The number of allylic oxidation sites excluding steroid dienone is 2. The molecule has 0 bridgehead atoms. The fraction of sp³-hybridized carbons (Fsp3) is 0.700. The number of hydrogen-bond donors (Lipinski definition) is 1. The molecule has 3 heterocycles. The first-order chi connectivity index (χ1) is 7.65. The van der Waals surface area contributed by atoms with E-state index in [1.165, 1.54) is 0 Å². The Balaban J connectivity index is 1.92. The van der Waals surface area contributed by atoms with Gasteiger partial charge in [-0.3, -0.25) is 0 Å². The monoisotopic (exact) mass is 220 g/mol. The molecule has 3 atom stereocenters. The molecule has 0 saturated carbocycles. The Morgan fingerprint density at radius 1 is 1.56 bits per heavy atom. The van der Waals surface area contributed by atoms with Crippen molar-refractivity contribution in [1.29, 1.82) is 0 Å². The molecule has 3 aliphatic rings. The molecular weight excluding hydrogens is 207 g/mol. The second kappa shape index (κ2) is 3.16. The standard InChI is InChI=1S/C10H13BN2O3/c1-5-7(14)2-6-3-12(4-11-16)9-8(6)13(5)10(9)15/h6,8-9,14H,2-4H2,1H3. The summed E-state index contributed by atoms with van der Waals surface area (Å²) in [4.78, 5) is 15.5. The minimum atomic E-state index is -0.127. The third-order valence-corrected chi connectivity index (χ3v) is 4.00. The van der Waals surface area contributed by atoms with Crippen LogP contribution in [0.1, 0.15) is 13.3 Å². The molecule has 2 saturated heterocycles. The van der Waals surface area contributed by atoms with E-state index in [1.54, 1.807) is 11.8 Å². The van der Waals surface area contributed by atoms with Crippen LogP contribution in [0.5, 0.6) is 0 Å². The Hall–Kier alpha value is -1.17. The maximum atomic E-state index is 11.9. The summed E-state index contributed by atoms with van der Waals surface area (Å²) in [6.07, 6.45) is 0.948. The van der Waals surface area contributed by atoms with Gasteiger partial charge in [0.1, 0.15) is 0 Å². The number of carbonyl (C=O) groups is 1. The van der Waals surface area contributed by atoms with Crippen LogP contribution < -0.4 is 0 Å². The summed E-state index contributed by atoms with van der Waals surface area (Å²) in [6.45, 7) is 2.51. The third-order valence-electron chi connectivity index (χ3n) is 4.00. The summed E-state index contributed by atoms with van der Waals surface area (Å²) in [5, 5.41) is 9.75. The first-order valence-electron chi connectivity index (χ1n) is 5.54. The molecule has 6 heteroatoms. The fourth-order valence-electron chi connectivity index (χ4n) is 3.25. The van der Waals surface area contributed by atoms with E-state index in [2.05, 4.69) is 0 Å². The number of hydrogen-bond acceptors (Lipinski definition) is 4.